The van der Waals surface area contributed by atoms with Crippen molar-refractivity contribution in [3.63, 3.8) is 0 Å². The van der Waals surface area contributed by atoms with E-state index in [2.05, 4.69) is 55.5 Å². The van der Waals surface area contributed by atoms with Gasteiger partial charge < -0.3 is 0 Å². The van der Waals surface area contributed by atoms with E-state index < -0.39 is 0 Å². The van der Waals surface area contributed by atoms with Gasteiger partial charge >= 0.3 is 152 Å². The third-order valence-electron chi connectivity index (χ3n) is 3.42. The second-order valence-electron chi connectivity index (χ2n) is 4.90. The van der Waals surface area contributed by atoms with Gasteiger partial charge in [0, 0.05) is 0 Å². The van der Waals surface area contributed by atoms with Crippen molar-refractivity contribution in [3.05, 3.63) is 0 Å². The first-order valence-corrected chi connectivity index (χ1v) is 16.3. The Bertz CT molecular complexity index is 248. The molecule has 3 fully saturated rings. The monoisotopic (exact) mass is 634 g/mol. The zero-order valence-corrected chi connectivity index (χ0v) is 19.6. The molecule has 6 atom stereocenters. The van der Waals surface area contributed by atoms with Gasteiger partial charge in [-0.15, -0.1) is 0 Å². The standard InChI is InChI=1S/C11H18S2Se2Te2/c14-8(1-6-3-12-6)10-11(17-5-16-10)9(15)2-7-4-13-7/h6-11,14-15H,1-5H2. The summed E-state index contributed by atoms with van der Waals surface area (Å²) in [6.45, 7) is 0. The van der Waals surface area contributed by atoms with Crippen LogP contribution in [0.25, 0.3) is 0 Å². The van der Waals surface area contributed by atoms with Crippen LogP contribution in [0.5, 0.6) is 0 Å². The van der Waals surface area contributed by atoms with Crippen molar-refractivity contribution in [2.75, 3.05) is 11.5 Å². The molecule has 3 aliphatic rings. The van der Waals surface area contributed by atoms with E-state index in [1.165, 1.54) is 32.3 Å². The quantitative estimate of drug-likeness (QED) is 0.326. The second kappa shape index (κ2) is 7.05. The van der Waals surface area contributed by atoms with Gasteiger partial charge in [-0.3, -0.25) is 0 Å². The van der Waals surface area contributed by atoms with E-state index in [1.807, 2.05) is 0 Å². The van der Waals surface area contributed by atoms with Crippen molar-refractivity contribution in [2.24, 2.45) is 0 Å². The van der Waals surface area contributed by atoms with Crippen molar-refractivity contribution in [3.8, 4) is 0 Å². The molecule has 6 heteroatoms. The van der Waals surface area contributed by atoms with Crippen LogP contribution in [0.15, 0.2) is 0 Å². The molecular weight excluding hydrogens is 609 g/mol. The molecule has 3 saturated heterocycles. The fraction of sp³-hybridized carbons (Fsp3) is 1.00. The number of thioether (sulfide) groups is 2. The van der Waals surface area contributed by atoms with Gasteiger partial charge in [0.1, 0.15) is 0 Å². The maximum atomic E-state index is 3.08. The molecule has 3 aliphatic heterocycles. The molecule has 98 valence electrons. The number of hydrogen-bond donors (Lipinski definition) is 0. The van der Waals surface area contributed by atoms with Crippen LogP contribution in [-0.4, -0.2) is 95.9 Å². The SMILES string of the molecule is [SeH]C(CC1CS1)C1[Te]C[Te]C1C([SeH])CC1CS1. The van der Waals surface area contributed by atoms with Crippen LogP contribution in [-0.2, 0) is 0 Å². The molecule has 0 bridgehead atoms. The van der Waals surface area contributed by atoms with E-state index in [9.17, 15) is 0 Å². The molecular formula is C11H18S2Se2Te2. The topological polar surface area (TPSA) is 0 Å². The van der Waals surface area contributed by atoms with Crippen LogP contribution in [0.4, 0.5) is 0 Å². The van der Waals surface area contributed by atoms with Gasteiger partial charge in [0.2, 0.25) is 0 Å². The molecule has 0 saturated carbocycles. The fourth-order valence-corrected chi connectivity index (χ4v) is 25.7. The molecule has 0 aromatic rings. The minimum absolute atomic E-state index is 0.387. The van der Waals surface area contributed by atoms with E-state index in [0.29, 0.717) is 41.8 Å². The van der Waals surface area contributed by atoms with Gasteiger partial charge in [-0.1, -0.05) is 0 Å². The third-order valence-corrected chi connectivity index (χ3v) is 23.8. The van der Waals surface area contributed by atoms with Crippen LogP contribution in [0.3, 0.4) is 0 Å². The molecule has 0 spiro atoms. The summed E-state index contributed by atoms with van der Waals surface area (Å²) in [7, 11) is 0. The summed E-state index contributed by atoms with van der Waals surface area (Å²) in [6.07, 6.45) is 3.06. The zero-order valence-electron chi connectivity index (χ0n) is 9.53. The van der Waals surface area contributed by atoms with Crippen molar-refractivity contribution < 1.29 is 0 Å². The Morgan fingerprint density at radius 3 is 1.71 bits per heavy atom. The van der Waals surface area contributed by atoms with Crippen molar-refractivity contribution >= 4 is 97.4 Å². The Labute approximate surface area is 150 Å². The Balaban J connectivity index is 1.53. The molecule has 0 aromatic heterocycles. The van der Waals surface area contributed by atoms with Gasteiger partial charge in [-0.2, -0.15) is 0 Å². The van der Waals surface area contributed by atoms with Gasteiger partial charge in [0.15, 0.2) is 0 Å². The maximum absolute atomic E-state index is 3.08. The fourth-order valence-electron chi connectivity index (χ4n) is 2.26. The molecule has 3 heterocycles. The first kappa shape index (κ1) is 15.2. The first-order valence-electron chi connectivity index (χ1n) is 6.06. The average Bonchev–Trinajstić information content (AvgIpc) is 3.21. The molecule has 0 N–H and O–H groups in total. The Morgan fingerprint density at radius 1 is 0.941 bits per heavy atom. The molecule has 0 nitrogen and oxygen atoms in total. The summed E-state index contributed by atoms with van der Waals surface area (Å²) in [5, 5.41) is 2.11. The van der Waals surface area contributed by atoms with Crippen LogP contribution < -0.4 is 0 Å². The Kier molecular flexibility index (Phi) is 6.32. The number of rotatable bonds is 6. The third kappa shape index (κ3) is 4.64. The zero-order chi connectivity index (χ0) is 11.8. The molecule has 17 heavy (non-hydrogen) atoms. The van der Waals surface area contributed by atoms with E-state index >= 15 is 0 Å². The van der Waals surface area contributed by atoms with Crippen LogP contribution >= 0.6 is 23.5 Å². The van der Waals surface area contributed by atoms with E-state index in [4.69, 9.17) is 0 Å². The van der Waals surface area contributed by atoms with E-state index in [1.54, 1.807) is 2.52 Å². The van der Waals surface area contributed by atoms with Crippen LogP contribution in [0.2, 0.25) is 20.1 Å². The van der Waals surface area contributed by atoms with Gasteiger partial charge in [-0.05, 0) is 0 Å². The first-order chi connectivity index (χ1) is 8.24. The molecule has 3 rings (SSSR count). The molecule has 0 amide bonds. The predicted octanol–water partition coefficient (Wildman–Crippen LogP) is 1.75. The molecule has 0 aromatic carbocycles. The predicted molar refractivity (Wildman–Crippen MR) is 87.3 cm³/mol. The summed E-state index contributed by atoms with van der Waals surface area (Å²) in [4.78, 5) is 2.03. The summed E-state index contributed by atoms with van der Waals surface area (Å²) < 4.78 is 4.17. The summed E-state index contributed by atoms with van der Waals surface area (Å²) in [6, 6.07) is 0. The minimum atomic E-state index is 0.387. The average molecular weight is 628 g/mol. The van der Waals surface area contributed by atoms with Gasteiger partial charge in [0.25, 0.3) is 0 Å². The van der Waals surface area contributed by atoms with Gasteiger partial charge in [0.05, 0.1) is 0 Å². The van der Waals surface area contributed by atoms with E-state index in [0.717, 1.165) is 20.1 Å². The molecule has 0 radical (unpaired) electrons. The Morgan fingerprint density at radius 2 is 1.35 bits per heavy atom. The normalized spacial score (nSPS) is 43.4. The summed E-state index contributed by atoms with van der Waals surface area (Å²) in [5.41, 5.74) is 0. The van der Waals surface area contributed by atoms with Crippen molar-refractivity contribution in [2.45, 2.75) is 43.4 Å². The Hall–Kier alpha value is 3.32. The van der Waals surface area contributed by atoms with E-state index in [-0.39, 0.29) is 0 Å². The summed E-state index contributed by atoms with van der Waals surface area (Å²) >= 11 is 11.3. The molecule has 6 unspecified atom stereocenters. The van der Waals surface area contributed by atoms with Crippen molar-refractivity contribution in [1.29, 1.82) is 0 Å². The van der Waals surface area contributed by atoms with Crippen LogP contribution in [0.1, 0.15) is 12.8 Å². The summed E-state index contributed by atoms with van der Waals surface area (Å²) in [5.74, 6) is 2.93. The number of hydrogen-bond acceptors (Lipinski definition) is 2. The van der Waals surface area contributed by atoms with Gasteiger partial charge in [-0.25, -0.2) is 0 Å². The van der Waals surface area contributed by atoms with Crippen molar-refractivity contribution in [1.82, 2.24) is 0 Å². The van der Waals surface area contributed by atoms with Crippen LogP contribution in [0, 0.1) is 0 Å². The molecule has 0 aliphatic carbocycles. The second-order valence-corrected chi connectivity index (χ2v) is 20.5.